The topological polar surface area (TPSA) is 130 Å². The van der Waals surface area contributed by atoms with Gasteiger partial charge in [-0.15, -0.1) is 5.10 Å². The molecule has 2 aliphatic heterocycles. The predicted octanol–water partition coefficient (Wildman–Crippen LogP) is 5.20. The van der Waals surface area contributed by atoms with Gasteiger partial charge in [0.25, 0.3) is 5.92 Å². The Balaban J connectivity index is 1.26. The monoisotopic (exact) mass is 651 g/mol. The number of aromatic nitrogens is 4. The van der Waals surface area contributed by atoms with E-state index >= 15 is 0 Å². The Kier molecular flexibility index (Phi) is 7.37. The van der Waals surface area contributed by atoms with Crippen LogP contribution in [-0.2, 0) is 10.0 Å². The molecule has 46 heavy (non-hydrogen) atoms. The van der Waals surface area contributed by atoms with Crippen LogP contribution in [0.3, 0.4) is 0 Å². The van der Waals surface area contributed by atoms with Crippen LogP contribution in [0.2, 0.25) is 0 Å². The van der Waals surface area contributed by atoms with Gasteiger partial charge in [0.05, 0.1) is 34.9 Å². The summed E-state index contributed by atoms with van der Waals surface area (Å²) in [6.45, 7) is 4.98. The van der Waals surface area contributed by atoms with Crippen molar-refractivity contribution in [3.05, 3.63) is 60.4 Å². The van der Waals surface area contributed by atoms with Crippen molar-refractivity contribution in [2.24, 2.45) is 10.6 Å². The van der Waals surface area contributed by atoms with Crippen molar-refractivity contribution in [2.45, 2.75) is 69.1 Å². The molecule has 1 spiro atoms. The molecule has 4 aromatic rings. The van der Waals surface area contributed by atoms with Gasteiger partial charge in [0.2, 0.25) is 10.0 Å². The van der Waals surface area contributed by atoms with Crippen molar-refractivity contribution in [1.29, 1.82) is 0 Å². The molecule has 0 radical (unpaired) electrons. The zero-order chi connectivity index (χ0) is 32.5. The van der Waals surface area contributed by atoms with E-state index in [9.17, 15) is 22.3 Å². The summed E-state index contributed by atoms with van der Waals surface area (Å²) in [6.07, 6.45) is 6.43. The minimum atomic E-state index is -4.05. The number of rotatable bonds is 7. The number of hydrogen-bond donors (Lipinski definition) is 2. The average Bonchev–Trinajstić information content (AvgIpc) is 3.59. The molecule has 1 aliphatic carbocycles. The van der Waals surface area contributed by atoms with Gasteiger partial charge in [-0.2, -0.15) is 0 Å². The maximum Gasteiger partial charge on any atom is 0.251 e. The lowest BCUT2D eigenvalue weighted by molar-refractivity contribution is -0.0220. The third-order valence-corrected chi connectivity index (χ3v) is 12.1. The van der Waals surface area contributed by atoms with Crippen LogP contribution in [0.4, 0.5) is 20.2 Å². The molecule has 4 heterocycles. The summed E-state index contributed by atoms with van der Waals surface area (Å²) in [6, 6.07) is 13.1. The number of hydrogen-bond acceptors (Lipinski definition) is 8. The van der Waals surface area contributed by atoms with E-state index in [-0.39, 0.29) is 25.9 Å². The highest BCUT2D eigenvalue weighted by Gasteiger charge is 2.45. The molecule has 244 valence electrons. The standard InChI is InChI=1S/C33H39F2N7O3S/c1-31(2,46(36,44)45)30(43)23-5-6-26(27(19-23)40-14-9-32(7-8-32)10-15-40)42-21-25(38-39-42)24-18-22-4-3-13-37-29(22)28(20-24)41-16-11-33(34,35)12-17-41/h3-6,13,18-21,30,43H,7-12,14-17H2,1-2H3,(H2,36,44,45). The molecule has 3 fully saturated rings. The maximum absolute atomic E-state index is 14.0. The second kappa shape index (κ2) is 11.0. The Labute approximate surface area is 267 Å². The number of alkyl halides is 2. The van der Waals surface area contributed by atoms with E-state index in [0.29, 0.717) is 16.7 Å². The van der Waals surface area contributed by atoms with Crippen LogP contribution in [-0.4, -0.2) is 70.4 Å². The molecule has 3 N–H and O–H groups in total. The van der Waals surface area contributed by atoms with E-state index in [1.165, 1.54) is 26.7 Å². The first-order valence-corrected chi connectivity index (χ1v) is 17.3. The number of pyridine rings is 1. The SMILES string of the molecule is CC(C)(C(O)c1ccc(-n2cc(-c3cc(N4CCC(F)(F)CC4)c4ncccc4c3)nn2)c(N2CCC3(CC2)CC3)c1)S(N)(=O)=O. The van der Waals surface area contributed by atoms with Crippen LogP contribution in [0.25, 0.3) is 27.8 Å². The normalized spacial score (nSPS) is 20.3. The molecule has 2 saturated heterocycles. The van der Waals surface area contributed by atoms with E-state index in [1.807, 2.05) is 47.5 Å². The molecular formula is C33H39F2N7O3S. The zero-order valence-corrected chi connectivity index (χ0v) is 26.8. The van der Waals surface area contributed by atoms with Gasteiger partial charge >= 0.3 is 0 Å². The number of benzene rings is 2. The first-order chi connectivity index (χ1) is 21.8. The second-order valence-electron chi connectivity index (χ2n) is 13.7. The van der Waals surface area contributed by atoms with Gasteiger partial charge in [0.15, 0.2) is 0 Å². The molecule has 2 aromatic heterocycles. The van der Waals surface area contributed by atoms with E-state index in [0.717, 1.165) is 59.5 Å². The van der Waals surface area contributed by atoms with E-state index < -0.39 is 26.8 Å². The van der Waals surface area contributed by atoms with Crippen molar-refractivity contribution in [2.75, 3.05) is 36.0 Å². The number of aliphatic hydroxyl groups is 1. The minimum absolute atomic E-state index is 0.207. The number of nitrogens with two attached hydrogens (primary N) is 1. The highest BCUT2D eigenvalue weighted by molar-refractivity contribution is 7.90. The average molecular weight is 652 g/mol. The molecule has 13 heteroatoms. The largest absolute Gasteiger partial charge is 0.387 e. The number of nitrogens with zero attached hydrogens (tertiary/aromatic N) is 6. The van der Waals surface area contributed by atoms with E-state index in [2.05, 4.69) is 20.2 Å². The van der Waals surface area contributed by atoms with Gasteiger partial charge in [-0.05, 0) is 80.8 Å². The number of anilines is 2. The Morgan fingerprint density at radius 1 is 0.913 bits per heavy atom. The number of aliphatic hydroxyl groups excluding tert-OH is 1. The van der Waals surface area contributed by atoms with Crippen LogP contribution >= 0.6 is 0 Å². The summed E-state index contributed by atoms with van der Waals surface area (Å²) in [5.74, 6) is -2.66. The number of primary sulfonamides is 1. The smallest absolute Gasteiger partial charge is 0.251 e. The van der Waals surface area contributed by atoms with Gasteiger partial charge in [-0.1, -0.05) is 17.3 Å². The highest BCUT2D eigenvalue weighted by Crippen LogP contribution is 2.54. The molecular weight excluding hydrogens is 612 g/mol. The fourth-order valence-corrected chi connectivity index (χ4v) is 7.21. The first kappa shape index (κ1) is 30.9. The first-order valence-electron chi connectivity index (χ1n) is 15.8. The van der Waals surface area contributed by atoms with Gasteiger partial charge < -0.3 is 14.9 Å². The molecule has 7 rings (SSSR count). The van der Waals surface area contributed by atoms with Gasteiger partial charge in [-0.3, -0.25) is 4.98 Å². The number of piperidine rings is 2. The Morgan fingerprint density at radius 3 is 2.26 bits per heavy atom. The van der Waals surface area contributed by atoms with Crippen LogP contribution < -0.4 is 14.9 Å². The highest BCUT2D eigenvalue weighted by atomic mass is 32.2. The van der Waals surface area contributed by atoms with Crippen LogP contribution in [0.1, 0.15) is 64.0 Å². The minimum Gasteiger partial charge on any atom is -0.387 e. The Hall–Kier alpha value is -3.68. The van der Waals surface area contributed by atoms with E-state index in [4.69, 9.17) is 5.14 Å². The fourth-order valence-electron chi connectivity index (χ4n) is 6.76. The van der Waals surface area contributed by atoms with Crippen molar-refractivity contribution >= 4 is 32.3 Å². The Bertz CT molecular complexity index is 1890. The molecule has 0 bridgehead atoms. The third-order valence-electron chi connectivity index (χ3n) is 10.4. The molecule has 0 amide bonds. The third kappa shape index (κ3) is 5.62. The summed E-state index contributed by atoms with van der Waals surface area (Å²) in [4.78, 5) is 8.81. The molecule has 1 saturated carbocycles. The quantitative estimate of drug-likeness (QED) is 0.279. The zero-order valence-electron chi connectivity index (χ0n) is 26.0. The van der Waals surface area contributed by atoms with Crippen LogP contribution in [0, 0.1) is 5.41 Å². The summed E-state index contributed by atoms with van der Waals surface area (Å²) < 4.78 is 52.8. The number of fused-ring (bicyclic) bond motifs is 1. The summed E-state index contributed by atoms with van der Waals surface area (Å²) in [7, 11) is -4.05. The number of halogens is 2. The predicted molar refractivity (Wildman–Crippen MR) is 174 cm³/mol. The van der Waals surface area contributed by atoms with Gasteiger partial charge in [-0.25, -0.2) is 27.0 Å². The molecule has 2 aromatic carbocycles. The summed E-state index contributed by atoms with van der Waals surface area (Å²) >= 11 is 0. The van der Waals surface area contributed by atoms with E-state index in [1.54, 1.807) is 16.9 Å². The number of sulfonamides is 1. The van der Waals surface area contributed by atoms with Crippen LogP contribution in [0.15, 0.2) is 54.9 Å². The molecule has 10 nitrogen and oxygen atoms in total. The van der Waals surface area contributed by atoms with Crippen molar-refractivity contribution in [3.63, 3.8) is 0 Å². The molecule has 1 unspecified atom stereocenters. The molecule has 1 atom stereocenters. The van der Waals surface area contributed by atoms with Gasteiger partial charge in [0.1, 0.15) is 10.4 Å². The van der Waals surface area contributed by atoms with Gasteiger partial charge in [0, 0.05) is 56.2 Å². The summed E-state index contributed by atoms with van der Waals surface area (Å²) in [5, 5.41) is 26.6. The lowest BCUT2D eigenvalue weighted by Crippen LogP contribution is -2.43. The fraction of sp³-hybridized carbons (Fsp3) is 0.485. The van der Waals surface area contributed by atoms with Crippen molar-refractivity contribution in [3.8, 4) is 16.9 Å². The lowest BCUT2D eigenvalue weighted by Gasteiger charge is -2.36. The lowest BCUT2D eigenvalue weighted by atomic mass is 9.92. The molecule has 3 aliphatic rings. The second-order valence-corrected chi connectivity index (χ2v) is 15.9. The maximum atomic E-state index is 14.0. The Morgan fingerprint density at radius 2 is 1.59 bits per heavy atom. The van der Waals surface area contributed by atoms with Crippen LogP contribution in [0.5, 0.6) is 0 Å². The van der Waals surface area contributed by atoms with Crippen molar-refractivity contribution < 1.29 is 22.3 Å². The summed E-state index contributed by atoms with van der Waals surface area (Å²) in [5.41, 5.74) is 5.40. The van der Waals surface area contributed by atoms with Crippen molar-refractivity contribution in [1.82, 2.24) is 20.0 Å².